The summed E-state index contributed by atoms with van der Waals surface area (Å²) in [6.07, 6.45) is 8.49. The molecule has 0 spiro atoms. The van der Waals surface area contributed by atoms with E-state index in [1.54, 1.807) is 16.7 Å². The van der Waals surface area contributed by atoms with Gasteiger partial charge in [0.05, 0.1) is 23.6 Å². The molecule has 1 aromatic carbocycles. The van der Waals surface area contributed by atoms with Crippen LogP contribution in [0.3, 0.4) is 0 Å². The number of nitrogens with zero attached hydrogens (tertiary/aromatic N) is 4. The standard InChI is InChI=1S/C18H20N4O2S/c1-25(23,24)21-10-2-3-16(12-21)22-13-20-17-5-4-15(11-18(17)22)14-6-8-19-9-7-14/h4-9,11,13,16H,2-3,10,12H2,1H3. The van der Waals surface area contributed by atoms with Gasteiger partial charge in [-0.2, -0.15) is 0 Å². The molecule has 7 heteroatoms. The molecule has 1 fully saturated rings. The highest BCUT2D eigenvalue weighted by Gasteiger charge is 2.27. The summed E-state index contributed by atoms with van der Waals surface area (Å²) in [6.45, 7) is 1.11. The van der Waals surface area contributed by atoms with Crippen LogP contribution < -0.4 is 0 Å². The zero-order valence-corrected chi connectivity index (χ0v) is 14.9. The predicted molar refractivity (Wildman–Crippen MR) is 97.7 cm³/mol. The van der Waals surface area contributed by atoms with E-state index in [1.807, 2.05) is 24.5 Å². The van der Waals surface area contributed by atoms with E-state index in [0.29, 0.717) is 13.1 Å². The van der Waals surface area contributed by atoms with Crippen molar-refractivity contribution in [1.29, 1.82) is 0 Å². The maximum Gasteiger partial charge on any atom is 0.211 e. The fourth-order valence-corrected chi connectivity index (χ4v) is 4.39. The summed E-state index contributed by atoms with van der Waals surface area (Å²) < 4.78 is 27.5. The average molecular weight is 356 g/mol. The molecular weight excluding hydrogens is 336 g/mol. The van der Waals surface area contributed by atoms with Gasteiger partial charge in [0.1, 0.15) is 0 Å². The number of aromatic nitrogens is 3. The summed E-state index contributed by atoms with van der Waals surface area (Å²) in [5.74, 6) is 0. The van der Waals surface area contributed by atoms with Crippen molar-refractivity contribution in [2.24, 2.45) is 0 Å². The molecule has 3 heterocycles. The van der Waals surface area contributed by atoms with Gasteiger partial charge in [0.25, 0.3) is 0 Å². The molecule has 1 aliphatic rings. The summed E-state index contributed by atoms with van der Waals surface area (Å²) in [5.41, 5.74) is 4.17. The fourth-order valence-electron chi connectivity index (χ4n) is 3.49. The number of hydrogen-bond donors (Lipinski definition) is 0. The Morgan fingerprint density at radius 2 is 1.92 bits per heavy atom. The highest BCUT2D eigenvalue weighted by atomic mass is 32.2. The summed E-state index contributed by atoms with van der Waals surface area (Å²) >= 11 is 0. The Kier molecular flexibility index (Phi) is 4.05. The van der Waals surface area contributed by atoms with Crippen LogP contribution in [0.2, 0.25) is 0 Å². The molecule has 1 unspecified atom stereocenters. The van der Waals surface area contributed by atoms with E-state index in [0.717, 1.165) is 35.0 Å². The second kappa shape index (κ2) is 6.24. The van der Waals surface area contributed by atoms with Crippen LogP contribution >= 0.6 is 0 Å². The van der Waals surface area contributed by atoms with Crippen LogP contribution in [0.1, 0.15) is 18.9 Å². The van der Waals surface area contributed by atoms with E-state index >= 15 is 0 Å². The van der Waals surface area contributed by atoms with E-state index in [4.69, 9.17) is 0 Å². The lowest BCUT2D eigenvalue weighted by Gasteiger charge is -2.32. The molecular formula is C18H20N4O2S. The lowest BCUT2D eigenvalue weighted by molar-refractivity contribution is 0.271. The predicted octanol–water partition coefficient (Wildman–Crippen LogP) is 2.69. The third-order valence-electron chi connectivity index (χ3n) is 4.81. The third kappa shape index (κ3) is 3.17. The normalized spacial score (nSPS) is 19.3. The van der Waals surface area contributed by atoms with Gasteiger partial charge in [-0.15, -0.1) is 0 Å². The molecule has 0 radical (unpaired) electrons. The molecule has 130 valence electrons. The quantitative estimate of drug-likeness (QED) is 0.724. The largest absolute Gasteiger partial charge is 0.326 e. The Bertz CT molecular complexity index is 998. The van der Waals surface area contributed by atoms with Crippen molar-refractivity contribution in [3.63, 3.8) is 0 Å². The Hall–Kier alpha value is -2.25. The number of piperidine rings is 1. The van der Waals surface area contributed by atoms with Crippen LogP contribution in [0, 0.1) is 0 Å². The minimum absolute atomic E-state index is 0.112. The van der Waals surface area contributed by atoms with Crippen molar-refractivity contribution in [2.45, 2.75) is 18.9 Å². The van der Waals surface area contributed by atoms with Gasteiger partial charge >= 0.3 is 0 Å². The smallest absolute Gasteiger partial charge is 0.211 e. The monoisotopic (exact) mass is 356 g/mol. The van der Waals surface area contributed by atoms with E-state index in [-0.39, 0.29) is 6.04 Å². The SMILES string of the molecule is CS(=O)(=O)N1CCCC(n2cnc3ccc(-c4ccncc4)cc32)C1. The van der Waals surface area contributed by atoms with Crippen LogP contribution in [0.25, 0.3) is 22.2 Å². The minimum Gasteiger partial charge on any atom is -0.326 e. The first-order valence-electron chi connectivity index (χ1n) is 8.34. The average Bonchev–Trinajstić information content (AvgIpc) is 3.05. The van der Waals surface area contributed by atoms with Crippen molar-refractivity contribution in [3.8, 4) is 11.1 Å². The fraction of sp³-hybridized carbons (Fsp3) is 0.333. The zero-order chi connectivity index (χ0) is 17.4. The van der Waals surface area contributed by atoms with Crippen LogP contribution in [0.15, 0.2) is 49.1 Å². The van der Waals surface area contributed by atoms with Gasteiger partial charge in [-0.05, 0) is 48.2 Å². The van der Waals surface area contributed by atoms with Crippen LogP contribution in [0.4, 0.5) is 0 Å². The lowest BCUT2D eigenvalue weighted by Crippen LogP contribution is -2.39. The van der Waals surface area contributed by atoms with E-state index in [9.17, 15) is 8.42 Å². The van der Waals surface area contributed by atoms with Gasteiger partial charge in [0.15, 0.2) is 0 Å². The first-order chi connectivity index (χ1) is 12.0. The molecule has 0 saturated carbocycles. The Balaban J connectivity index is 1.73. The van der Waals surface area contributed by atoms with Gasteiger partial charge in [-0.25, -0.2) is 17.7 Å². The van der Waals surface area contributed by atoms with Crippen LogP contribution in [-0.2, 0) is 10.0 Å². The molecule has 1 aliphatic heterocycles. The second-order valence-corrected chi connectivity index (χ2v) is 8.49. The number of rotatable bonds is 3. The van der Waals surface area contributed by atoms with Gasteiger partial charge in [-0.1, -0.05) is 6.07 Å². The first kappa shape index (κ1) is 16.2. The highest BCUT2D eigenvalue weighted by molar-refractivity contribution is 7.88. The topological polar surface area (TPSA) is 68.1 Å². The zero-order valence-electron chi connectivity index (χ0n) is 14.0. The maximum absolute atomic E-state index is 11.9. The summed E-state index contributed by atoms with van der Waals surface area (Å²) in [7, 11) is -3.16. The van der Waals surface area contributed by atoms with Crippen molar-refractivity contribution in [2.75, 3.05) is 19.3 Å². The maximum atomic E-state index is 11.9. The lowest BCUT2D eigenvalue weighted by atomic mass is 10.0. The number of sulfonamides is 1. The van der Waals surface area contributed by atoms with E-state index < -0.39 is 10.0 Å². The molecule has 4 rings (SSSR count). The van der Waals surface area contributed by atoms with E-state index in [2.05, 4.69) is 26.7 Å². The number of hydrogen-bond acceptors (Lipinski definition) is 4. The number of fused-ring (bicyclic) bond motifs is 1. The van der Waals surface area contributed by atoms with Gasteiger partial charge in [0, 0.05) is 31.5 Å². The summed E-state index contributed by atoms with van der Waals surface area (Å²) in [6, 6.07) is 10.3. The molecule has 0 N–H and O–H groups in total. The summed E-state index contributed by atoms with van der Waals surface area (Å²) in [4.78, 5) is 8.56. The third-order valence-corrected chi connectivity index (χ3v) is 6.08. The minimum atomic E-state index is -3.16. The summed E-state index contributed by atoms with van der Waals surface area (Å²) in [5, 5.41) is 0. The molecule has 0 aliphatic carbocycles. The Morgan fingerprint density at radius 1 is 1.12 bits per heavy atom. The number of pyridine rings is 1. The molecule has 1 saturated heterocycles. The highest BCUT2D eigenvalue weighted by Crippen LogP contribution is 2.29. The van der Waals surface area contributed by atoms with Gasteiger partial charge < -0.3 is 4.57 Å². The molecule has 0 bridgehead atoms. The van der Waals surface area contributed by atoms with Crippen molar-refractivity contribution >= 4 is 21.1 Å². The first-order valence-corrected chi connectivity index (χ1v) is 10.2. The van der Waals surface area contributed by atoms with Gasteiger partial charge in [0.2, 0.25) is 10.0 Å². The van der Waals surface area contributed by atoms with Gasteiger partial charge in [-0.3, -0.25) is 4.98 Å². The molecule has 1 atom stereocenters. The Morgan fingerprint density at radius 3 is 2.68 bits per heavy atom. The number of benzene rings is 1. The Labute approximate surface area is 147 Å². The van der Waals surface area contributed by atoms with Crippen molar-refractivity contribution < 1.29 is 8.42 Å². The molecule has 25 heavy (non-hydrogen) atoms. The molecule has 6 nitrogen and oxygen atoms in total. The van der Waals surface area contributed by atoms with Crippen molar-refractivity contribution in [1.82, 2.24) is 18.8 Å². The second-order valence-electron chi connectivity index (χ2n) is 6.51. The van der Waals surface area contributed by atoms with Crippen LogP contribution in [-0.4, -0.2) is 46.6 Å². The van der Waals surface area contributed by atoms with E-state index in [1.165, 1.54) is 6.26 Å². The number of imidazole rings is 1. The van der Waals surface area contributed by atoms with Crippen molar-refractivity contribution in [3.05, 3.63) is 49.1 Å². The molecule has 3 aromatic rings. The van der Waals surface area contributed by atoms with Crippen LogP contribution in [0.5, 0.6) is 0 Å². The molecule has 2 aromatic heterocycles. The molecule has 0 amide bonds.